The summed E-state index contributed by atoms with van der Waals surface area (Å²) in [5.41, 5.74) is 11.8. The minimum Gasteiger partial charge on any atom is -0.368 e. The Morgan fingerprint density at radius 3 is 2.21 bits per heavy atom. The molecule has 1 aromatic heterocycles. The van der Waals surface area contributed by atoms with Crippen LogP contribution in [0.5, 0.6) is 0 Å². The van der Waals surface area contributed by atoms with Gasteiger partial charge in [-0.05, 0) is 18.2 Å². The number of halogens is 3. The van der Waals surface area contributed by atoms with Crippen molar-refractivity contribution in [3.63, 3.8) is 0 Å². The van der Waals surface area contributed by atoms with E-state index < -0.39 is 11.7 Å². The molecule has 4 N–H and O–H groups in total. The van der Waals surface area contributed by atoms with E-state index in [2.05, 4.69) is 9.97 Å². The van der Waals surface area contributed by atoms with Gasteiger partial charge in [-0.3, -0.25) is 0 Å². The molecule has 19 heavy (non-hydrogen) atoms. The van der Waals surface area contributed by atoms with Gasteiger partial charge in [-0.25, -0.2) is 9.97 Å². The number of benzene rings is 1. The van der Waals surface area contributed by atoms with E-state index in [1.807, 2.05) is 0 Å². The SMILES string of the molecule is NCc1cc(-c2ccc(C(F)(F)F)cc2)nc(N)n1. The van der Waals surface area contributed by atoms with Crippen molar-refractivity contribution in [2.45, 2.75) is 12.7 Å². The van der Waals surface area contributed by atoms with Crippen LogP contribution in [0.4, 0.5) is 19.1 Å². The summed E-state index contributed by atoms with van der Waals surface area (Å²) in [6.07, 6.45) is -4.36. The second kappa shape index (κ2) is 4.85. The Morgan fingerprint density at radius 2 is 1.68 bits per heavy atom. The molecule has 0 unspecified atom stereocenters. The molecule has 0 atom stereocenters. The zero-order chi connectivity index (χ0) is 14.0. The lowest BCUT2D eigenvalue weighted by Crippen LogP contribution is -2.06. The van der Waals surface area contributed by atoms with Crippen LogP contribution in [0.15, 0.2) is 30.3 Å². The van der Waals surface area contributed by atoms with E-state index in [1.165, 1.54) is 12.1 Å². The van der Waals surface area contributed by atoms with Crippen LogP contribution in [0.1, 0.15) is 11.3 Å². The predicted octanol–water partition coefficient (Wildman–Crippen LogP) is 2.20. The molecule has 0 spiro atoms. The largest absolute Gasteiger partial charge is 0.416 e. The Kier molecular flexibility index (Phi) is 3.39. The van der Waals surface area contributed by atoms with Crippen LogP contribution >= 0.6 is 0 Å². The Hall–Kier alpha value is -2.15. The van der Waals surface area contributed by atoms with E-state index in [-0.39, 0.29) is 12.5 Å². The maximum atomic E-state index is 12.4. The van der Waals surface area contributed by atoms with Gasteiger partial charge in [-0.1, -0.05) is 12.1 Å². The molecule has 0 fully saturated rings. The minimum atomic E-state index is -4.36. The summed E-state index contributed by atoms with van der Waals surface area (Å²) in [6.45, 7) is 0.181. The molecule has 7 heteroatoms. The maximum Gasteiger partial charge on any atom is 0.416 e. The number of hydrogen-bond donors (Lipinski definition) is 2. The van der Waals surface area contributed by atoms with Crippen molar-refractivity contribution in [3.8, 4) is 11.3 Å². The van der Waals surface area contributed by atoms with Crippen molar-refractivity contribution in [3.05, 3.63) is 41.6 Å². The van der Waals surface area contributed by atoms with Gasteiger partial charge in [0.05, 0.1) is 17.0 Å². The van der Waals surface area contributed by atoms with Gasteiger partial charge in [-0.15, -0.1) is 0 Å². The Bertz CT molecular complexity index is 579. The molecule has 0 aliphatic rings. The van der Waals surface area contributed by atoms with Gasteiger partial charge in [-0.2, -0.15) is 13.2 Å². The third-order valence-corrected chi connectivity index (χ3v) is 2.51. The molecule has 2 rings (SSSR count). The first-order valence-corrected chi connectivity index (χ1v) is 5.41. The lowest BCUT2D eigenvalue weighted by molar-refractivity contribution is -0.137. The zero-order valence-electron chi connectivity index (χ0n) is 9.78. The molecular formula is C12H11F3N4. The summed E-state index contributed by atoms with van der Waals surface area (Å²) in [4.78, 5) is 7.87. The van der Waals surface area contributed by atoms with E-state index in [1.54, 1.807) is 6.07 Å². The minimum absolute atomic E-state index is 0.0397. The lowest BCUT2D eigenvalue weighted by atomic mass is 10.1. The zero-order valence-corrected chi connectivity index (χ0v) is 9.78. The average Bonchev–Trinajstić information content (AvgIpc) is 2.37. The van der Waals surface area contributed by atoms with Crippen molar-refractivity contribution in [1.29, 1.82) is 0 Å². The predicted molar refractivity (Wildman–Crippen MR) is 64.8 cm³/mol. The number of nitrogens with zero attached hydrogens (tertiary/aromatic N) is 2. The van der Waals surface area contributed by atoms with Crippen molar-refractivity contribution in [1.82, 2.24) is 9.97 Å². The fraction of sp³-hybridized carbons (Fsp3) is 0.167. The van der Waals surface area contributed by atoms with E-state index in [4.69, 9.17) is 11.5 Å². The van der Waals surface area contributed by atoms with Crippen molar-refractivity contribution >= 4 is 5.95 Å². The highest BCUT2D eigenvalue weighted by atomic mass is 19.4. The second-order valence-corrected chi connectivity index (χ2v) is 3.88. The molecule has 1 aromatic carbocycles. The second-order valence-electron chi connectivity index (χ2n) is 3.88. The third kappa shape index (κ3) is 3.00. The quantitative estimate of drug-likeness (QED) is 0.875. The van der Waals surface area contributed by atoms with E-state index in [0.717, 1.165) is 12.1 Å². The van der Waals surface area contributed by atoms with Crippen LogP contribution in [0.3, 0.4) is 0 Å². The average molecular weight is 268 g/mol. The molecular weight excluding hydrogens is 257 g/mol. The van der Waals surface area contributed by atoms with Gasteiger partial charge in [0.15, 0.2) is 0 Å². The van der Waals surface area contributed by atoms with Crippen molar-refractivity contribution < 1.29 is 13.2 Å². The Balaban J connectivity index is 2.40. The Labute approximate surface area is 107 Å². The number of anilines is 1. The van der Waals surface area contributed by atoms with Gasteiger partial charge in [0.2, 0.25) is 5.95 Å². The fourth-order valence-corrected chi connectivity index (χ4v) is 1.60. The first-order valence-electron chi connectivity index (χ1n) is 5.41. The van der Waals surface area contributed by atoms with Crippen LogP contribution in [0, 0.1) is 0 Å². The van der Waals surface area contributed by atoms with Crippen LogP contribution in [0.25, 0.3) is 11.3 Å². The van der Waals surface area contributed by atoms with Crippen molar-refractivity contribution in [2.24, 2.45) is 5.73 Å². The number of nitrogen functional groups attached to an aromatic ring is 1. The summed E-state index contributed by atoms with van der Waals surface area (Å²) in [5.74, 6) is 0.0397. The topological polar surface area (TPSA) is 77.8 Å². The molecule has 1 heterocycles. The van der Waals surface area contributed by atoms with Crippen LogP contribution in [0.2, 0.25) is 0 Å². The normalized spacial score (nSPS) is 11.6. The van der Waals surface area contributed by atoms with Gasteiger partial charge < -0.3 is 11.5 Å². The molecule has 2 aromatic rings. The first kappa shape index (κ1) is 13.3. The number of aromatic nitrogens is 2. The summed E-state index contributed by atoms with van der Waals surface area (Å²) in [7, 11) is 0. The van der Waals surface area contributed by atoms with Gasteiger partial charge in [0, 0.05) is 12.1 Å². The molecule has 100 valence electrons. The monoisotopic (exact) mass is 268 g/mol. The van der Waals surface area contributed by atoms with E-state index >= 15 is 0 Å². The first-order chi connectivity index (χ1) is 8.90. The summed E-state index contributed by atoms with van der Waals surface area (Å²) < 4.78 is 37.3. The number of rotatable bonds is 2. The van der Waals surface area contributed by atoms with Gasteiger partial charge in [0.25, 0.3) is 0 Å². The van der Waals surface area contributed by atoms with Crippen LogP contribution < -0.4 is 11.5 Å². The van der Waals surface area contributed by atoms with Gasteiger partial charge in [0.1, 0.15) is 0 Å². The molecule has 0 aliphatic heterocycles. The summed E-state index contributed by atoms with van der Waals surface area (Å²) in [6, 6.07) is 6.26. The number of alkyl halides is 3. The summed E-state index contributed by atoms with van der Waals surface area (Å²) in [5, 5.41) is 0. The van der Waals surface area contributed by atoms with Crippen molar-refractivity contribution in [2.75, 3.05) is 5.73 Å². The molecule has 0 aliphatic carbocycles. The number of nitrogens with two attached hydrogens (primary N) is 2. The Morgan fingerprint density at radius 1 is 1.05 bits per heavy atom. The van der Waals surface area contributed by atoms with Crippen LogP contribution in [-0.4, -0.2) is 9.97 Å². The van der Waals surface area contributed by atoms with E-state index in [0.29, 0.717) is 17.0 Å². The highest BCUT2D eigenvalue weighted by Crippen LogP contribution is 2.30. The van der Waals surface area contributed by atoms with Gasteiger partial charge >= 0.3 is 6.18 Å². The molecule has 0 radical (unpaired) electrons. The molecule has 0 saturated heterocycles. The highest BCUT2D eigenvalue weighted by Gasteiger charge is 2.30. The smallest absolute Gasteiger partial charge is 0.368 e. The molecule has 0 saturated carbocycles. The standard InChI is InChI=1S/C12H11F3N4/c13-12(14,15)8-3-1-7(2-4-8)10-5-9(6-16)18-11(17)19-10/h1-5H,6,16H2,(H2,17,18,19). The lowest BCUT2D eigenvalue weighted by Gasteiger charge is -2.08. The van der Waals surface area contributed by atoms with E-state index in [9.17, 15) is 13.2 Å². The number of hydrogen-bond acceptors (Lipinski definition) is 4. The van der Waals surface area contributed by atoms with Crippen LogP contribution in [-0.2, 0) is 12.7 Å². The third-order valence-electron chi connectivity index (χ3n) is 2.51. The molecule has 0 amide bonds. The maximum absolute atomic E-state index is 12.4. The highest BCUT2D eigenvalue weighted by molar-refractivity contribution is 5.61. The summed E-state index contributed by atoms with van der Waals surface area (Å²) >= 11 is 0. The molecule has 4 nitrogen and oxygen atoms in total. The molecule has 0 bridgehead atoms. The fourth-order valence-electron chi connectivity index (χ4n) is 1.60.